The summed E-state index contributed by atoms with van der Waals surface area (Å²) in [6, 6.07) is 0. The molecule has 0 unspecified atom stereocenters. The largest absolute Gasteiger partial charge is 1.00 e. The van der Waals surface area contributed by atoms with Crippen LogP contribution in [0.1, 0.15) is 65.2 Å². The number of carbonyl (C=O) groups is 2. The van der Waals surface area contributed by atoms with Crippen molar-refractivity contribution >= 4 is 11.9 Å². The van der Waals surface area contributed by atoms with Crippen molar-refractivity contribution in [2.24, 2.45) is 0 Å². The Balaban J connectivity index is -0.0000000980. The fourth-order valence-electron chi connectivity index (χ4n) is 1.04. The number of unbranched alkanes of at least 4 members (excludes halogenated alkanes) is 4. The standard InChI is InChI=1S/2C6H12O2.2Li/c2*1-2-3-4-5-6(7)8;;/h2*2-5H2,1H3,(H,7,8);;/q;;2*+1/p-2. The summed E-state index contributed by atoms with van der Waals surface area (Å²) in [4.78, 5) is 19.5. The molecule has 6 heteroatoms. The fraction of sp³-hybridized carbons (Fsp3) is 0.833. The Bertz CT molecular complexity index is 167. The molecule has 0 aliphatic heterocycles. The molecule has 4 nitrogen and oxygen atoms in total. The first-order valence-electron chi connectivity index (χ1n) is 5.94. The molecule has 0 aliphatic carbocycles. The molecule has 0 rings (SSSR count). The van der Waals surface area contributed by atoms with Gasteiger partial charge < -0.3 is 19.8 Å². The second-order valence-electron chi connectivity index (χ2n) is 3.66. The van der Waals surface area contributed by atoms with Crippen LogP contribution in [0.2, 0.25) is 0 Å². The Morgan fingerprint density at radius 1 is 0.722 bits per heavy atom. The summed E-state index contributed by atoms with van der Waals surface area (Å²) in [6.45, 7) is 4.07. The van der Waals surface area contributed by atoms with Gasteiger partial charge >= 0.3 is 37.7 Å². The summed E-state index contributed by atoms with van der Waals surface area (Å²) >= 11 is 0. The fourth-order valence-corrected chi connectivity index (χ4v) is 1.04. The zero-order valence-electron chi connectivity index (χ0n) is 12.3. The minimum atomic E-state index is -0.932. The van der Waals surface area contributed by atoms with E-state index in [4.69, 9.17) is 0 Å². The van der Waals surface area contributed by atoms with Gasteiger partial charge in [0.25, 0.3) is 0 Å². The summed E-state index contributed by atoms with van der Waals surface area (Å²) in [6.07, 6.45) is 6.07. The van der Waals surface area contributed by atoms with Crippen LogP contribution in [0.4, 0.5) is 0 Å². The van der Waals surface area contributed by atoms with Crippen molar-refractivity contribution in [3.05, 3.63) is 0 Å². The van der Waals surface area contributed by atoms with Gasteiger partial charge in [-0.1, -0.05) is 39.5 Å². The first kappa shape index (κ1) is 26.6. The minimum absolute atomic E-state index is 0. The summed E-state index contributed by atoms with van der Waals surface area (Å²) in [5.41, 5.74) is 0. The van der Waals surface area contributed by atoms with Crippen LogP contribution >= 0.6 is 0 Å². The van der Waals surface area contributed by atoms with Gasteiger partial charge in [-0.15, -0.1) is 0 Å². The van der Waals surface area contributed by atoms with E-state index in [9.17, 15) is 19.8 Å². The van der Waals surface area contributed by atoms with Gasteiger partial charge in [-0.25, -0.2) is 0 Å². The van der Waals surface area contributed by atoms with Gasteiger partial charge in [-0.3, -0.25) is 0 Å². The predicted molar refractivity (Wildman–Crippen MR) is 58.3 cm³/mol. The molecule has 0 amide bonds. The average Bonchev–Trinajstić information content (AvgIpc) is 2.18. The monoisotopic (exact) mass is 244 g/mol. The van der Waals surface area contributed by atoms with Crippen LogP contribution in [-0.2, 0) is 9.59 Å². The molecule has 0 aromatic carbocycles. The summed E-state index contributed by atoms with van der Waals surface area (Å²) in [5, 5.41) is 19.5. The second kappa shape index (κ2) is 22.3. The third-order valence-electron chi connectivity index (χ3n) is 1.97. The average molecular weight is 244 g/mol. The molecule has 0 N–H and O–H groups in total. The Kier molecular flexibility index (Phi) is 33.1. The van der Waals surface area contributed by atoms with Gasteiger partial charge in [0, 0.05) is 11.9 Å². The van der Waals surface area contributed by atoms with Crippen molar-refractivity contribution in [2.75, 3.05) is 0 Å². The van der Waals surface area contributed by atoms with Gasteiger partial charge in [-0.2, -0.15) is 0 Å². The van der Waals surface area contributed by atoms with E-state index >= 15 is 0 Å². The maximum absolute atomic E-state index is 9.76. The zero-order chi connectivity index (χ0) is 12.8. The number of carboxylic acid groups (broad SMARTS) is 2. The van der Waals surface area contributed by atoms with E-state index in [2.05, 4.69) is 0 Å². The first-order chi connectivity index (χ1) is 7.54. The molecular formula is C12H22Li2O4. The van der Waals surface area contributed by atoms with Crippen molar-refractivity contribution in [1.29, 1.82) is 0 Å². The predicted octanol–water partition coefficient (Wildman–Crippen LogP) is -5.36. The normalized spacial score (nSPS) is 8.11. The van der Waals surface area contributed by atoms with Crippen LogP contribution < -0.4 is 47.9 Å². The Morgan fingerprint density at radius 2 is 1.00 bits per heavy atom. The molecule has 0 spiro atoms. The van der Waals surface area contributed by atoms with Gasteiger partial charge in [0.1, 0.15) is 0 Å². The van der Waals surface area contributed by atoms with Crippen molar-refractivity contribution in [3.8, 4) is 0 Å². The van der Waals surface area contributed by atoms with E-state index in [-0.39, 0.29) is 50.6 Å². The first-order valence-corrected chi connectivity index (χ1v) is 5.94. The van der Waals surface area contributed by atoms with E-state index in [0.29, 0.717) is 0 Å². The molecule has 0 atom stereocenters. The number of carboxylic acids is 2. The third kappa shape index (κ3) is 36.0. The van der Waals surface area contributed by atoms with Crippen molar-refractivity contribution in [1.82, 2.24) is 0 Å². The minimum Gasteiger partial charge on any atom is -0.550 e. The number of rotatable bonds is 8. The van der Waals surface area contributed by atoms with Crippen LogP contribution in [0, 0.1) is 0 Å². The molecule has 96 valence electrons. The molecule has 0 aromatic rings. The number of hydrogen-bond acceptors (Lipinski definition) is 4. The van der Waals surface area contributed by atoms with Crippen LogP contribution in [0.3, 0.4) is 0 Å². The summed E-state index contributed by atoms with van der Waals surface area (Å²) < 4.78 is 0. The van der Waals surface area contributed by atoms with Crippen LogP contribution in [-0.4, -0.2) is 11.9 Å². The van der Waals surface area contributed by atoms with E-state index in [0.717, 1.165) is 38.5 Å². The molecule has 0 aromatic heterocycles. The number of hydrogen-bond donors (Lipinski definition) is 0. The Morgan fingerprint density at radius 3 is 1.17 bits per heavy atom. The zero-order valence-corrected chi connectivity index (χ0v) is 12.3. The van der Waals surface area contributed by atoms with Crippen LogP contribution in [0.25, 0.3) is 0 Å². The van der Waals surface area contributed by atoms with Crippen molar-refractivity contribution in [2.45, 2.75) is 65.2 Å². The molecule has 0 radical (unpaired) electrons. The van der Waals surface area contributed by atoms with Crippen LogP contribution in [0.5, 0.6) is 0 Å². The summed E-state index contributed by atoms with van der Waals surface area (Å²) in [5.74, 6) is -1.86. The second-order valence-corrected chi connectivity index (χ2v) is 3.66. The van der Waals surface area contributed by atoms with Crippen molar-refractivity contribution in [3.63, 3.8) is 0 Å². The Hall–Kier alpha value is 0.135. The third-order valence-corrected chi connectivity index (χ3v) is 1.97. The quantitative estimate of drug-likeness (QED) is 0.315. The van der Waals surface area contributed by atoms with Gasteiger partial charge in [0.05, 0.1) is 0 Å². The topological polar surface area (TPSA) is 80.3 Å². The van der Waals surface area contributed by atoms with E-state index in [1.165, 1.54) is 0 Å². The number of aliphatic carboxylic acids is 2. The van der Waals surface area contributed by atoms with Crippen LogP contribution in [0.15, 0.2) is 0 Å². The summed E-state index contributed by atoms with van der Waals surface area (Å²) in [7, 11) is 0. The molecule has 0 bridgehead atoms. The van der Waals surface area contributed by atoms with E-state index in [1.807, 2.05) is 13.8 Å². The number of carbonyl (C=O) groups excluding carboxylic acids is 2. The Labute approximate surface area is 134 Å². The molecule has 18 heavy (non-hydrogen) atoms. The van der Waals surface area contributed by atoms with E-state index < -0.39 is 11.9 Å². The molecule has 0 aliphatic rings. The SMILES string of the molecule is CCCCCC(=O)[O-].CCCCCC(=O)[O-].[Li+].[Li+]. The van der Waals surface area contributed by atoms with E-state index in [1.54, 1.807) is 0 Å². The molecule has 0 fully saturated rings. The maximum atomic E-state index is 9.76. The molecule has 0 heterocycles. The van der Waals surface area contributed by atoms with Gasteiger partial charge in [-0.05, 0) is 25.7 Å². The van der Waals surface area contributed by atoms with Gasteiger partial charge in [0.15, 0.2) is 0 Å². The smallest absolute Gasteiger partial charge is 0.550 e. The molecule has 0 saturated carbocycles. The molecule has 0 saturated heterocycles. The van der Waals surface area contributed by atoms with Gasteiger partial charge in [0.2, 0.25) is 0 Å². The maximum Gasteiger partial charge on any atom is 1.00 e. The van der Waals surface area contributed by atoms with Crippen molar-refractivity contribution < 1.29 is 57.5 Å². The molecular weight excluding hydrogens is 222 g/mol.